The Morgan fingerprint density at radius 3 is 2.48 bits per heavy atom. The Morgan fingerprint density at radius 1 is 1.30 bits per heavy atom. The van der Waals surface area contributed by atoms with Crippen LogP contribution in [0.3, 0.4) is 0 Å². The number of carbonyl (C=O) groups is 2. The van der Waals surface area contributed by atoms with Crippen LogP contribution in [0.1, 0.15) is 32.4 Å². The molecule has 0 saturated heterocycles. The van der Waals surface area contributed by atoms with Gasteiger partial charge in [0.1, 0.15) is 0 Å². The molecule has 122 valence electrons. The minimum Gasteiger partial charge on any atom is -0.463 e. The maximum Gasteiger partial charge on any atom is 0.338 e. The fourth-order valence-electron chi connectivity index (χ4n) is 2.57. The van der Waals surface area contributed by atoms with E-state index in [0.717, 1.165) is 5.56 Å². The summed E-state index contributed by atoms with van der Waals surface area (Å²) in [4.78, 5) is 30.7. The predicted molar refractivity (Wildman–Crippen MR) is 92.0 cm³/mol. The molecule has 0 radical (unpaired) electrons. The third-order valence-corrected chi connectivity index (χ3v) is 4.18. The molecule has 1 aliphatic rings. The van der Waals surface area contributed by atoms with Crippen LogP contribution in [-0.2, 0) is 14.3 Å². The van der Waals surface area contributed by atoms with E-state index in [9.17, 15) is 9.59 Å². The van der Waals surface area contributed by atoms with E-state index in [1.165, 1.54) is 18.7 Å². The fraction of sp³-hybridized carbons (Fsp3) is 0.353. The summed E-state index contributed by atoms with van der Waals surface area (Å²) >= 11 is 1.38. The zero-order chi connectivity index (χ0) is 17.0. The second kappa shape index (κ2) is 7.46. The number of carbonyl (C=O) groups excluding carboxylic acids is 2. The Bertz CT molecular complexity index is 668. The van der Waals surface area contributed by atoms with Crippen LogP contribution in [0, 0.1) is 0 Å². The zero-order valence-electron chi connectivity index (χ0n) is 13.7. The third-order valence-electron chi connectivity index (χ3n) is 3.52. The number of rotatable bonds is 3. The molecule has 0 N–H and O–H groups in total. The molecule has 0 spiro atoms. The van der Waals surface area contributed by atoms with Gasteiger partial charge in [-0.1, -0.05) is 42.1 Å². The van der Waals surface area contributed by atoms with E-state index in [-0.39, 0.29) is 12.5 Å². The Morgan fingerprint density at radius 2 is 1.96 bits per heavy atom. The van der Waals surface area contributed by atoms with Crippen molar-refractivity contribution in [2.75, 3.05) is 12.9 Å². The fourth-order valence-corrected chi connectivity index (χ4v) is 3.23. The number of hydrogen-bond acceptors (Lipinski definition) is 5. The van der Waals surface area contributed by atoms with E-state index in [2.05, 4.69) is 4.99 Å². The third kappa shape index (κ3) is 3.47. The number of aliphatic imine (C=N–C) groups is 1. The molecule has 0 aromatic heterocycles. The summed E-state index contributed by atoms with van der Waals surface area (Å²) in [5.74, 6) is -0.602. The average molecular weight is 332 g/mol. The minimum atomic E-state index is -0.521. The predicted octanol–water partition coefficient (Wildman–Crippen LogP) is 3.15. The number of amidine groups is 1. The van der Waals surface area contributed by atoms with Crippen LogP contribution in [0.4, 0.5) is 0 Å². The molecular weight excluding hydrogens is 312 g/mol. The first-order valence-electron chi connectivity index (χ1n) is 7.36. The minimum absolute atomic E-state index is 0.166. The first-order chi connectivity index (χ1) is 11.0. The molecule has 6 heteroatoms. The van der Waals surface area contributed by atoms with E-state index in [1.807, 2.05) is 36.6 Å². The van der Waals surface area contributed by atoms with Crippen molar-refractivity contribution in [3.05, 3.63) is 47.2 Å². The van der Waals surface area contributed by atoms with Crippen molar-refractivity contribution < 1.29 is 14.3 Å². The Kier molecular flexibility index (Phi) is 5.60. The summed E-state index contributed by atoms with van der Waals surface area (Å²) in [5.41, 5.74) is 1.84. The standard InChI is InChI=1S/C17H20N2O3S/c1-5-22-16(21)14-11(2)18-17(23-4)19(12(3)20)15(14)13-9-7-6-8-10-13/h6-10,15H,5H2,1-4H3. The molecule has 23 heavy (non-hydrogen) atoms. The number of hydrogen-bond donors (Lipinski definition) is 0. The monoisotopic (exact) mass is 332 g/mol. The Labute approximate surface area is 140 Å². The SMILES string of the molecule is CCOC(=O)C1=C(C)N=C(SC)N(C(C)=O)C1c1ccccc1. The normalized spacial score (nSPS) is 17.8. The first kappa shape index (κ1) is 17.3. The lowest BCUT2D eigenvalue weighted by Crippen LogP contribution is -2.42. The highest BCUT2D eigenvalue weighted by atomic mass is 32.2. The molecule has 1 heterocycles. The van der Waals surface area contributed by atoms with Crippen LogP contribution >= 0.6 is 11.8 Å². The molecule has 1 aliphatic heterocycles. The second-order valence-corrected chi connectivity index (χ2v) is 5.79. The number of esters is 1. The van der Waals surface area contributed by atoms with Crippen molar-refractivity contribution >= 4 is 28.8 Å². The number of amides is 1. The van der Waals surface area contributed by atoms with Crippen LogP contribution in [0.2, 0.25) is 0 Å². The van der Waals surface area contributed by atoms with E-state index < -0.39 is 12.0 Å². The molecule has 0 saturated carbocycles. The number of ether oxygens (including phenoxy) is 1. The lowest BCUT2D eigenvalue weighted by atomic mass is 9.94. The van der Waals surface area contributed by atoms with Gasteiger partial charge < -0.3 is 4.74 Å². The molecule has 0 fully saturated rings. The first-order valence-corrected chi connectivity index (χ1v) is 8.59. The van der Waals surface area contributed by atoms with Crippen molar-refractivity contribution in [1.82, 2.24) is 4.90 Å². The molecule has 5 nitrogen and oxygen atoms in total. The van der Waals surface area contributed by atoms with Crippen LogP contribution in [0.15, 0.2) is 46.6 Å². The molecule has 0 bridgehead atoms. The molecule has 2 rings (SSSR count). The number of benzene rings is 1. The van der Waals surface area contributed by atoms with Gasteiger partial charge in [-0.3, -0.25) is 9.69 Å². The van der Waals surface area contributed by atoms with Crippen LogP contribution in [0.5, 0.6) is 0 Å². The summed E-state index contributed by atoms with van der Waals surface area (Å²) in [7, 11) is 0. The van der Waals surface area contributed by atoms with Crippen molar-refractivity contribution in [2.24, 2.45) is 4.99 Å². The Hall–Kier alpha value is -2.08. The summed E-state index contributed by atoms with van der Waals surface area (Å²) in [6.45, 7) is 5.28. The number of thioether (sulfide) groups is 1. The van der Waals surface area contributed by atoms with Crippen molar-refractivity contribution in [3.63, 3.8) is 0 Å². The van der Waals surface area contributed by atoms with Gasteiger partial charge in [0.2, 0.25) is 5.91 Å². The van der Waals surface area contributed by atoms with Gasteiger partial charge in [0.25, 0.3) is 0 Å². The summed E-state index contributed by atoms with van der Waals surface area (Å²) in [6, 6.07) is 8.95. The van der Waals surface area contributed by atoms with Crippen molar-refractivity contribution in [3.8, 4) is 0 Å². The summed E-state index contributed by atoms with van der Waals surface area (Å²) in [5, 5.41) is 0.580. The lowest BCUT2D eigenvalue weighted by Gasteiger charge is -2.35. The number of allylic oxidation sites excluding steroid dienone is 1. The lowest BCUT2D eigenvalue weighted by molar-refractivity contribution is -0.139. The van der Waals surface area contributed by atoms with Crippen LogP contribution in [0.25, 0.3) is 0 Å². The molecule has 1 atom stereocenters. The molecule has 1 unspecified atom stereocenters. The molecule has 1 aromatic rings. The quantitative estimate of drug-likeness (QED) is 0.798. The van der Waals surface area contributed by atoms with E-state index in [0.29, 0.717) is 16.4 Å². The average Bonchev–Trinajstić information content (AvgIpc) is 2.54. The topological polar surface area (TPSA) is 59.0 Å². The van der Waals surface area contributed by atoms with E-state index in [4.69, 9.17) is 4.74 Å². The Balaban J connectivity index is 2.64. The highest BCUT2D eigenvalue weighted by Crippen LogP contribution is 2.37. The van der Waals surface area contributed by atoms with E-state index in [1.54, 1.807) is 18.7 Å². The van der Waals surface area contributed by atoms with Gasteiger partial charge >= 0.3 is 5.97 Å². The van der Waals surface area contributed by atoms with Gasteiger partial charge in [-0.05, 0) is 25.7 Å². The second-order valence-electron chi connectivity index (χ2n) is 5.02. The largest absolute Gasteiger partial charge is 0.463 e. The van der Waals surface area contributed by atoms with Crippen LogP contribution < -0.4 is 0 Å². The zero-order valence-corrected chi connectivity index (χ0v) is 14.5. The highest BCUT2D eigenvalue weighted by molar-refractivity contribution is 8.13. The van der Waals surface area contributed by atoms with Gasteiger partial charge in [-0.2, -0.15) is 0 Å². The maximum atomic E-state index is 12.5. The maximum absolute atomic E-state index is 12.5. The molecule has 1 amide bonds. The van der Waals surface area contributed by atoms with Gasteiger partial charge in [-0.15, -0.1) is 0 Å². The van der Waals surface area contributed by atoms with E-state index >= 15 is 0 Å². The number of nitrogens with zero attached hydrogens (tertiary/aromatic N) is 2. The van der Waals surface area contributed by atoms with Crippen molar-refractivity contribution in [2.45, 2.75) is 26.8 Å². The highest BCUT2D eigenvalue weighted by Gasteiger charge is 2.38. The smallest absolute Gasteiger partial charge is 0.338 e. The molecule has 0 aliphatic carbocycles. The van der Waals surface area contributed by atoms with Crippen molar-refractivity contribution in [1.29, 1.82) is 0 Å². The van der Waals surface area contributed by atoms with Gasteiger partial charge in [0.05, 0.1) is 23.9 Å². The van der Waals surface area contributed by atoms with Gasteiger partial charge in [0, 0.05) is 6.92 Å². The van der Waals surface area contributed by atoms with Crippen LogP contribution in [-0.4, -0.2) is 34.8 Å². The summed E-state index contributed by atoms with van der Waals surface area (Å²) < 4.78 is 5.19. The summed E-state index contributed by atoms with van der Waals surface area (Å²) in [6.07, 6.45) is 1.86. The molecule has 1 aromatic carbocycles. The van der Waals surface area contributed by atoms with Gasteiger partial charge in [-0.25, -0.2) is 9.79 Å². The molecular formula is C17H20N2O3S. The van der Waals surface area contributed by atoms with Gasteiger partial charge in [0.15, 0.2) is 5.17 Å².